The normalized spacial score (nSPS) is 16.4. The minimum Gasteiger partial charge on any atom is -0.460 e. The van der Waals surface area contributed by atoms with E-state index in [1.165, 1.54) is 12.1 Å². The average molecular weight is 545 g/mol. The van der Waals surface area contributed by atoms with E-state index in [9.17, 15) is 14.0 Å². The Morgan fingerprint density at radius 1 is 1.05 bits per heavy atom. The molecule has 2 heterocycles. The number of aliphatic imine (C=N–C) groups is 1. The largest absolute Gasteiger partial charge is 0.460 e. The number of carbonyl (C=O) groups excluding carboxylic acids is 2. The van der Waals surface area contributed by atoms with Gasteiger partial charge in [-0.2, -0.15) is 0 Å². The van der Waals surface area contributed by atoms with Crippen molar-refractivity contribution >= 4 is 23.3 Å². The number of benzene rings is 3. The fraction of sp³-hybridized carbons (Fsp3) is 0.300. The lowest BCUT2D eigenvalue weighted by Gasteiger charge is -2.26. The van der Waals surface area contributed by atoms with Crippen molar-refractivity contribution in [2.45, 2.75) is 51.3 Å². The molecule has 0 radical (unpaired) electrons. The van der Waals surface area contributed by atoms with Crippen molar-refractivity contribution in [3.05, 3.63) is 88.7 Å². The lowest BCUT2D eigenvalue weighted by atomic mass is 9.95. The number of anilines is 1. The molecule has 0 aromatic heterocycles. The second-order valence-corrected chi connectivity index (χ2v) is 10.1. The van der Waals surface area contributed by atoms with E-state index >= 15 is 0 Å². The maximum atomic E-state index is 14.4. The molecule has 2 atom stereocenters. The number of hydrogen-bond donors (Lipinski definition) is 4. The molecule has 3 aromatic carbocycles. The summed E-state index contributed by atoms with van der Waals surface area (Å²) in [6, 6.07) is 16.8. The Hall–Kier alpha value is -4.12. The predicted octanol–water partition coefficient (Wildman–Crippen LogP) is 2.99. The van der Waals surface area contributed by atoms with Crippen LogP contribution in [0, 0.1) is 5.82 Å². The Kier molecular flexibility index (Phi) is 8.20. The molecular formula is C30H33FN6O3. The molecular weight excluding hydrogens is 511 g/mol. The molecule has 9 nitrogen and oxygen atoms in total. The van der Waals surface area contributed by atoms with Gasteiger partial charge in [-0.05, 0) is 71.5 Å². The summed E-state index contributed by atoms with van der Waals surface area (Å²) in [5, 5.41) is 3.08. The van der Waals surface area contributed by atoms with E-state index < -0.39 is 24.1 Å². The van der Waals surface area contributed by atoms with Gasteiger partial charge in [0.1, 0.15) is 24.2 Å². The number of ether oxygens (including phenoxy) is 1. The smallest absolute Gasteiger partial charge is 0.323 e. The van der Waals surface area contributed by atoms with Crippen molar-refractivity contribution in [1.29, 1.82) is 0 Å². The number of fused-ring (bicyclic) bond motifs is 2. The maximum absolute atomic E-state index is 14.4. The number of unbranched alkanes of at least 4 members (excludes halogenated alkanes) is 1. The summed E-state index contributed by atoms with van der Waals surface area (Å²) >= 11 is 0. The molecule has 0 spiro atoms. The Morgan fingerprint density at radius 3 is 2.52 bits per heavy atom. The molecule has 2 aliphatic rings. The highest BCUT2D eigenvalue weighted by atomic mass is 19.1. The number of nitrogens with one attached hydrogen (secondary N) is 1. The van der Waals surface area contributed by atoms with E-state index in [1.807, 2.05) is 24.3 Å². The van der Waals surface area contributed by atoms with Gasteiger partial charge in [-0.15, -0.1) is 0 Å². The summed E-state index contributed by atoms with van der Waals surface area (Å²) in [5.74, 6) is -1.20. The summed E-state index contributed by atoms with van der Waals surface area (Å²) in [4.78, 5) is 32.3. The summed E-state index contributed by atoms with van der Waals surface area (Å²) in [6.07, 6.45) is 1.21. The van der Waals surface area contributed by atoms with Gasteiger partial charge in [0.05, 0.1) is 0 Å². The van der Waals surface area contributed by atoms with Crippen molar-refractivity contribution in [2.24, 2.45) is 22.2 Å². The molecule has 1 amide bonds. The molecule has 3 aromatic rings. The van der Waals surface area contributed by atoms with E-state index in [0.29, 0.717) is 54.0 Å². The third-order valence-corrected chi connectivity index (χ3v) is 7.20. The van der Waals surface area contributed by atoms with E-state index in [2.05, 4.69) is 10.3 Å². The number of amides is 1. The molecule has 2 aliphatic heterocycles. The second kappa shape index (κ2) is 12.0. The van der Waals surface area contributed by atoms with Crippen LogP contribution in [0.25, 0.3) is 11.1 Å². The number of nitrogens with zero attached hydrogens (tertiary/aromatic N) is 2. The molecule has 208 valence electrons. The van der Waals surface area contributed by atoms with Crippen molar-refractivity contribution in [3.8, 4) is 11.1 Å². The molecule has 0 bridgehead atoms. The van der Waals surface area contributed by atoms with Crippen molar-refractivity contribution in [3.63, 3.8) is 0 Å². The number of hydrogen-bond acceptors (Lipinski definition) is 8. The molecule has 7 N–H and O–H groups in total. The van der Waals surface area contributed by atoms with E-state index in [0.717, 1.165) is 24.0 Å². The van der Waals surface area contributed by atoms with Crippen LogP contribution in [-0.2, 0) is 34.0 Å². The van der Waals surface area contributed by atoms with Gasteiger partial charge in [-0.1, -0.05) is 42.8 Å². The fourth-order valence-corrected chi connectivity index (χ4v) is 5.06. The van der Waals surface area contributed by atoms with Crippen LogP contribution in [0.5, 0.6) is 0 Å². The molecule has 0 saturated carbocycles. The third-order valence-electron chi connectivity index (χ3n) is 7.20. The number of halogens is 1. The molecule has 10 heteroatoms. The first-order valence-corrected chi connectivity index (χ1v) is 13.4. The molecule has 5 rings (SSSR count). The summed E-state index contributed by atoms with van der Waals surface area (Å²) in [7, 11) is 0. The number of esters is 1. The Balaban J connectivity index is 1.39. The van der Waals surface area contributed by atoms with Gasteiger partial charge in [0.25, 0.3) is 5.91 Å². The lowest BCUT2D eigenvalue weighted by Crippen LogP contribution is -2.40. The van der Waals surface area contributed by atoms with Gasteiger partial charge in [0.2, 0.25) is 0 Å². The molecule has 0 fully saturated rings. The van der Waals surface area contributed by atoms with Crippen LogP contribution < -0.4 is 22.5 Å². The van der Waals surface area contributed by atoms with Crippen LogP contribution >= 0.6 is 0 Å². The van der Waals surface area contributed by atoms with Crippen LogP contribution in [0.1, 0.15) is 41.5 Å². The Bertz CT molecular complexity index is 1430. The van der Waals surface area contributed by atoms with Gasteiger partial charge in [-0.3, -0.25) is 15.3 Å². The maximum Gasteiger partial charge on any atom is 0.323 e. The van der Waals surface area contributed by atoms with Crippen LogP contribution in [0.2, 0.25) is 0 Å². The number of rotatable bonds is 9. The molecule has 0 saturated heterocycles. The first kappa shape index (κ1) is 27.4. The minimum absolute atomic E-state index is 0.0782. The molecule has 0 aliphatic carbocycles. The first-order chi connectivity index (χ1) is 19.3. The molecule has 40 heavy (non-hydrogen) atoms. The zero-order valence-corrected chi connectivity index (χ0v) is 22.1. The van der Waals surface area contributed by atoms with Gasteiger partial charge < -0.3 is 26.4 Å². The van der Waals surface area contributed by atoms with E-state index in [-0.39, 0.29) is 18.2 Å². The van der Waals surface area contributed by atoms with Crippen LogP contribution in [-0.4, -0.2) is 41.4 Å². The van der Waals surface area contributed by atoms with Crippen LogP contribution in [0.3, 0.4) is 0 Å². The van der Waals surface area contributed by atoms with Gasteiger partial charge in [-0.25, -0.2) is 9.38 Å². The van der Waals surface area contributed by atoms with Gasteiger partial charge in [0, 0.05) is 24.3 Å². The zero-order chi connectivity index (χ0) is 28.2. The number of carbonyl (C=O) groups is 2. The second-order valence-electron chi connectivity index (χ2n) is 10.1. The van der Waals surface area contributed by atoms with Crippen molar-refractivity contribution in [1.82, 2.24) is 4.90 Å². The van der Waals surface area contributed by atoms with Crippen LogP contribution in [0.4, 0.5) is 10.1 Å². The van der Waals surface area contributed by atoms with Crippen molar-refractivity contribution in [2.75, 3.05) is 11.9 Å². The standard InChI is InChI=1S/C30H33FN6O3/c31-22-10-8-21(17-40-29(39)25(33)7-3-4-12-32)23(14-22)18-9-11-26-24(13-18)27(36-30(34)35-26)28(38)37-15-19-5-1-2-6-20(19)16-37/h1-2,5-6,8-11,13-14,25,30,35H,3-4,7,12,15-17,32-34H2. The fourth-order valence-electron chi connectivity index (χ4n) is 5.06. The lowest BCUT2D eigenvalue weighted by molar-refractivity contribution is -0.146. The Morgan fingerprint density at radius 2 is 1.80 bits per heavy atom. The minimum atomic E-state index is -0.777. The monoisotopic (exact) mass is 544 g/mol. The average Bonchev–Trinajstić information content (AvgIpc) is 3.40. The van der Waals surface area contributed by atoms with E-state index in [4.69, 9.17) is 21.9 Å². The predicted molar refractivity (Wildman–Crippen MR) is 151 cm³/mol. The third kappa shape index (κ3) is 5.89. The topological polar surface area (TPSA) is 149 Å². The summed E-state index contributed by atoms with van der Waals surface area (Å²) < 4.78 is 19.9. The number of nitrogens with two attached hydrogens (primary N) is 3. The summed E-state index contributed by atoms with van der Waals surface area (Å²) in [6.45, 7) is 1.43. The van der Waals surface area contributed by atoms with Crippen LogP contribution in [0.15, 0.2) is 65.7 Å². The quantitative estimate of drug-likeness (QED) is 0.239. The molecule has 2 unspecified atom stereocenters. The highest BCUT2D eigenvalue weighted by Gasteiger charge is 2.31. The zero-order valence-electron chi connectivity index (χ0n) is 22.1. The van der Waals surface area contributed by atoms with Gasteiger partial charge in [0.15, 0.2) is 6.29 Å². The van der Waals surface area contributed by atoms with Gasteiger partial charge >= 0.3 is 5.97 Å². The SMILES string of the molecule is NCCCCC(N)C(=O)OCc1ccc(F)cc1-c1ccc2c(c1)C(C(=O)N1Cc3ccccc3C1)=NC(N)N2. The highest BCUT2D eigenvalue weighted by Crippen LogP contribution is 2.33. The van der Waals surface area contributed by atoms with Crippen molar-refractivity contribution < 1.29 is 18.7 Å². The highest BCUT2D eigenvalue weighted by molar-refractivity contribution is 6.46. The van der Waals surface area contributed by atoms with E-state index in [1.54, 1.807) is 29.2 Å². The summed E-state index contributed by atoms with van der Waals surface area (Å²) in [5.41, 5.74) is 23.0. The first-order valence-electron chi connectivity index (χ1n) is 13.4. The Labute approximate surface area is 232 Å².